The summed E-state index contributed by atoms with van der Waals surface area (Å²) in [5.41, 5.74) is 0. The summed E-state index contributed by atoms with van der Waals surface area (Å²) in [5, 5.41) is 0. The lowest BCUT2D eigenvalue weighted by molar-refractivity contribution is -0.167. The summed E-state index contributed by atoms with van der Waals surface area (Å²) in [6.07, 6.45) is 38.3. The monoisotopic (exact) mass is 751 g/mol. The van der Waals surface area contributed by atoms with Crippen LogP contribution in [0.15, 0.2) is 0 Å². The fraction of sp³-hybridized carbons (Fsp3) is 0.936. The van der Waals surface area contributed by atoms with Crippen molar-refractivity contribution < 1.29 is 28.6 Å². The highest BCUT2D eigenvalue weighted by Gasteiger charge is 2.19. The highest BCUT2D eigenvalue weighted by atomic mass is 16.6. The lowest BCUT2D eigenvalue weighted by Crippen LogP contribution is -2.30. The van der Waals surface area contributed by atoms with Crippen LogP contribution in [0.5, 0.6) is 0 Å². The van der Waals surface area contributed by atoms with Crippen LogP contribution in [0.1, 0.15) is 253 Å². The molecule has 0 saturated carbocycles. The minimum Gasteiger partial charge on any atom is -0.462 e. The lowest BCUT2D eigenvalue weighted by Gasteiger charge is -2.18. The summed E-state index contributed by atoms with van der Waals surface area (Å²) in [6, 6.07) is 0. The van der Waals surface area contributed by atoms with E-state index in [1.807, 2.05) is 0 Å². The number of hydrogen-bond donors (Lipinski definition) is 0. The van der Waals surface area contributed by atoms with E-state index in [0.29, 0.717) is 19.3 Å². The van der Waals surface area contributed by atoms with Gasteiger partial charge in [0.1, 0.15) is 13.2 Å². The molecule has 0 fully saturated rings. The van der Waals surface area contributed by atoms with E-state index < -0.39 is 6.10 Å². The highest BCUT2D eigenvalue weighted by molar-refractivity contribution is 5.71. The van der Waals surface area contributed by atoms with Crippen LogP contribution < -0.4 is 0 Å². The summed E-state index contributed by atoms with van der Waals surface area (Å²) in [5.74, 6) is 0.762. The van der Waals surface area contributed by atoms with E-state index in [9.17, 15) is 14.4 Å². The van der Waals surface area contributed by atoms with E-state index in [4.69, 9.17) is 14.2 Å². The molecule has 0 N–H and O–H groups in total. The summed E-state index contributed by atoms with van der Waals surface area (Å²) in [7, 11) is 0. The molecule has 0 saturated heterocycles. The molecule has 0 bridgehead atoms. The quantitative estimate of drug-likeness (QED) is 0.0352. The summed E-state index contributed by atoms with van der Waals surface area (Å²) in [6.45, 7) is 11.3. The highest BCUT2D eigenvalue weighted by Crippen LogP contribution is 2.17. The van der Waals surface area contributed by atoms with Crippen molar-refractivity contribution in [2.75, 3.05) is 13.2 Å². The molecule has 0 aliphatic heterocycles. The molecule has 53 heavy (non-hydrogen) atoms. The average Bonchev–Trinajstić information content (AvgIpc) is 3.12. The molecule has 6 heteroatoms. The number of ether oxygens (including phenoxy) is 3. The van der Waals surface area contributed by atoms with E-state index in [1.165, 1.54) is 141 Å². The average molecular weight is 751 g/mol. The normalized spacial score (nSPS) is 12.1. The van der Waals surface area contributed by atoms with Crippen molar-refractivity contribution in [3.8, 4) is 0 Å². The van der Waals surface area contributed by atoms with Crippen LogP contribution in [0.25, 0.3) is 0 Å². The van der Waals surface area contributed by atoms with Gasteiger partial charge in [0.2, 0.25) is 0 Å². The fourth-order valence-electron chi connectivity index (χ4n) is 6.93. The molecular weight excluding hydrogens is 661 g/mol. The molecule has 0 radical (unpaired) electrons. The lowest BCUT2D eigenvalue weighted by atomic mass is 10.0. The molecule has 6 nitrogen and oxygen atoms in total. The first-order chi connectivity index (χ1) is 25.7. The van der Waals surface area contributed by atoms with Crippen LogP contribution in [0.2, 0.25) is 0 Å². The number of carbonyl (C=O) groups excluding carboxylic acids is 3. The van der Waals surface area contributed by atoms with Crippen molar-refractivity contribution in [1.29, 1.82) is 0 Å². The van der Waals surface area contributed by atoms with E-state index >= 15 is 0 Å². The Morgan fingerprint density at radius 3 is 0.925 bits per heavy atom. The van der Waals surface area contributed by atoms with Crippen molar-refractivity contribution in [3.05, 3.63) is 0 Å². The number of hydrogen-bond acceptors (Lipinski definition) is 6. The van der Waals surface area contributed by atoms with Crippen LogP contribution in [0, 0.1) is 11.8 Å². The topological polar surface area (TPSA) is 78.9 Å². The molecule has 0 spiro atoms. The predicted molar refractivity (Wildman–Crippen MR) is 224 cm³/mol. The number of rotatable bonds is 41. The molecule has 0 aromatic carbocycles. The molecule has 0 unspecified atom stereocenters. The van der Waals surface area contributed by atoms with Gasteiger partial charge in [-0.05, 0) is 31.1 Å². The minimum atomic E-state index is -0.759. The van der Waals surface area contributed by atoms with Crippen LogP contribution >= 0.6 is 0 Å². The summed E-state index contributed by atoms with van der Waals surface area (Å²) in [4.78, 5) is 37.6. The Kier molecular flexibility index (Phi) is 38.9. The predicted octanol–water partition coefficient (Wildman–Crippen LogP) is 14.6. The third-order valence-electron chi connectivity index (χ3n) is 10.5. The molecule has 0 aliphatic rings. The molecule has 0 amide bonds. The van der Waals surface area contributed by atoms with E-state index in [2.05, 4.69) is 34.6 Å². The smallest absolute Gasteiger partial charge is 0.306 e. The van der Waals surface area contributed by atoms with Gasteiger partial charge in [0, 0.05) is 19.3 Å². The zero-order valence-corrected chi connectivity index (χ0v) is 36.1. The Morgan fingerprint density at radius 1 is 0.358 bits per heavy atom. The van der Waals surface area contributed by atoms with Gasteiger partial charge >= 0.3 is 17.9 Å². The van der Waals surface area contributed by atoms with Gasteiger partial charge < -0.3 is 14.2 Å². The van der Waals surface area contributed by atoms with Gasteiger partial charge in [-0.2, -0.15) is 0 Å². The van der Waals surface area contributed by atoms with Gasteiger partial charge in [0.25, 0.3) is 0 Å². The van der Waals surface area contributed by atoms with Crippen molar-refractivity contribution in [3.63, 3.8) is 0 Å². The molecule has 0 aromatic heterocycles. The van der Waals surface area contributed by atoms with Gasteiger partial charge in [0.05, 0.1) is 0 Å². The maximum Gasteiger partial charge on any atom is 0.306 e. The van der Waals surface area contributed by atoms with Gasteiger partial charge in [-0.1, -0.05) is 214 Å². The van der Waals surface area contributed by atoms with Gasteiger partial charge in [0.15, 0.2) is 6.10 Å². The Morgan fingerprint density at radius 2 is 0.623 bits per heavy atom. The Balaban J connectivity index is 4.18. The van der Waals surface area contributed by atoms with Gasteiger partial charge in [-0.3, -0.25) is 14.4 Å². The maximum absolute atomic E-state index is 12.6. The fourth-order valence-corrected chi connectivity index (χ4v) is 6.93. The first-order valence-electron chi connectivity index (χ1n) is 23.2. The molecule has 0 aliphatic carbocycles. The van der Waals surface area contributed by atoms with Gasteiger partial charge in [-0.25, -0.2) is 0 Å². The van der Waals surface area contributed by atoms with Crippen molar-refractivity contribution >= 4 is 17.9 Å². The second-order valence-electron chi connectivity index (χ2n) is 17.0. The SMILES string of the molecule is CCCCCCCCCC(=O)OC[C@@H](COC(=O)CCCCCCCCCCCCCCCCCC(C)C)OC(=O)CCCCCCCCCC(C)C. The zero-order chi connectivity index (χ0) is 39.0. The number of esters is 3. The second-order valence-corrected chi connectivity index (χ2v) is 17.0. The summed E-state index contributed by atoms with van der Waals surface area (Å²) >= 11 is 0. The number of unbranched alkanes of at least 4 members (excludes halogenated alkanes) is 26. The maximum atomic E-state index is 12.6. The molecule has 314 valence electrons. The van der Waals surface area contributed by atoms with E-state index in [0.717, 1.165) is 69.6 Å². The zero-order valence-electron chi connectivity index (χ0n) is 36.1. The Labute approximate surface area is 329 Å². The van der Waals surface area contributed by atoms with Crippen LogP contribution in [0.4, 0.5) is 0 Å². The first kappa shape index (κ1) is 51.4. The molecular formula is C47H90O6. The molecule has 1 atom stereocenters. The third kappa shape index (κ3) is 41.4. The van der Waals surface area contributed by atoms with E-state index in [1.54, 1.807) is 0 Å². The van der Waals surface area contributed by atoms with Crippen molar-refractivity contribution in [1.82, 2.24) is 0 Å². The van der Waals surface area contributed by atoms with Crippen molar-refractivity contribution in [2.45, 2.75) is 259 Å². The largest absolute Gasteiger partial charge is 0.462 e. The second kappa shape index (κ2) is 40.1. The van der Waals surface area contributed by atoms with Crippen LogP contribution in [-0.2, 0) is 28.6 Å². The van der Waals surface area contributed by atoms with Gasteiger partial charge in [-0.15, -0.1) is 0 Å². The standard InChI is InChI=1S/C47H90O6/c1-6-7-8-9-20-27-32-37-45(48)51-40-44(53-47(50)39-34-29-24-19-22-26-31-36-43(4)5)41-52-46(49)38-33-28-23-18-16-14-12-10-11-13-15-17-21-25-30-35-42(2)3/h42-44H,6-41H2,1-5H3/t44-/m0/s1. The van der Waals surface area contributed by atoms with Crippen LogP contribution in [-0.4, -0.2) is 37.2 Å². The molecule has 0 heterocycles. The minimum absolute atomic E-state index is 0.0655. The number of carbonyl (C=O) groups is 3. The third-order valence-corrected chi connectivity index (χ3v) is 10.5. The molecule has 0 aromatic rings. The van der Waals surface area contributed by atoms with E-state index in [-0.39, 0.29) is 31.1 Å². The van der Waals surface area contributed by atoms with Crippen molar-refractivity contribution in [2.24, 2.45) is 11.8 Å². The first-order valence-corrected chi connectivity index (χ1v) is 23.2. The van der Waals surface area contributed by atoms with Crippen LogP contribution in [0.3, 0.4) is 0 Å². The Hall–Kier alpha value is -1.59. The Bertz CT molecular complexity index is 809. The molecule has 0 rings (SSSR count). The summed E-state index contributed by atoms with van der Waals surface area (Å²) < 4.78 is 16.7.